The van der Waals surface area contributed by atoms with Crippen molar-refractivity contribution in [3.8, 4) is 0 Å². The van der Waals surface area contributed by atoms with Crippen molar-refractivity contribution >= 4 is 22.9 Å². The van der Waals surface area contributed by atoms with Gasteiger partial charge in [-0.05, 0) is 44.4 Å². The average molecular weight is 240 g/mol. The highest BCUT2D eigenvalue weighted by Crippen LogP contribution is 2.25. The number of carbonyl (C=O) groups is 1. The van der Waals surface area contributed by atoms with Crippen molar-refractivity contribution in [3.05, 3.63) is 28.0 Å². The number of carboxylic acids is 1. The van der Waals surface area contributed by atoms with Gasteiger partial charge in [0, 0.05) is 15.8 Å². The van der Waals surface area contributed by atoms with Gasteiger partial charge in [0.2, 0.25) is 0 Å². The molecule has 0 aliphatic carbocycles. The lowest BCUT2D eigenvalue weighted by atomic mass is 10.2. The normalized spacial score (nSPS) is 13.8. The van der Waals surface area contributed by atoms with Crippen molar-refractivity contribution in [2.75, 3.05) is 0 Å². The van der Waals surface area contributed by atoms with Gasteiger partial charge in [0.25, 0.3) is 0 Å². The first kappa shape index (κ1) is 12.9. The molecule has 1 rings (SSSR count). The summed E-state index contributed by atoms with van der Waals surface area (Å²) in [5.74, 6) is -0.920. The molecule has 1 aromatic rings. The molecule has 1 heterocycles. The maximum absolute atomic E-state index is 10.5. The van der Waals surface area contributed by atoms with E-state index in [0.29, 0.717) is 0 Å². The summed E-state index contributed by atoms with van der Waals surface area (Å²) in [6, 6.07) is 3.92. The van der Waals surface area contributed by atoms with E-state index in [0.717, 1.165) is 23.3 Å². The second-order valence-corrected chi connectivity index (χ2v) is 4.99. The summed E-state index contributed by atoms with van der Waals surface area (Å²) >= 11 is 1.58. The number of hydrogen-bond acceptors (Lipinski definition) is 3. The van der Waals surface area contributed by atoms with E-state index < -0.39 is 5.97 Å². The molecule has 0 aromatic carbocycles. The van der Waals surface area contributed by atoms with Gasteiger partial charge in [0.1, 0.15) is 0 Å². The Morgan fingerprint density at radius 3 is 2.81 bits per heavy atom. The van der Waals surface area contributed by atoms with E-state index in [1.807, 2.05) is 12.1 Å². The number of aliphatic carboxylic acids is 1. The number of aliphatic hydroxyl groups is 1. The second kappa shape index (κ2) is 5.82. The molecule has 3 nitrogen and oxygen atoms in total. The van der Waals surface area contributed by atoms with Gasteiger partial charge in [0.15, 0.2) is 0 Å². The van der Waals surface area contributed by atoms with Crippen molar-refractivity contribution in [2.45, 2.75) is 32.8 Å². The quantitative estimate of drug-likeness (QED) is 0.778. The van der Waals surface area contributed by atoms with Crippen LogP contribution in [0.5, 0.6) is 0 Å². The van der Waals surface area contributed by atoms with Gasteiger partial charge >= 0.3 is 5.97 Å². The van der Waals surface area contributed by atoms with Gasteiger partial charge in [-0.15, -0.1) is 11.3 Å². The summed E-state index contributed by atoms with van der Waals surface area (Å²) in [4.78, 5) is 12.7. The van der Waals surface area contributed by atoms with E-state index in [1.54, 1.807) is 25.2 Å². The van der Waals surface area contributed by atoms with Gasteiger partial charge in [-0.1, -0.05) is 0 Å². The largest absolute Gasteiger partial charge is 0.478 e. The van der Waals surface area contributed by atoms with Gasteiger partial charge in [-0.3, -0.25) is 0 Å². The van der Waals surface area contributed by atoms with E-state index in [9.17, 15) is 4.79 Å². The summed E-state index contributed by atoms with van der Waals surface area (Å²) in [5.41, 5.74) is 0.765. The molecule has 4 heteroatoms. The van der Waals surface area contributed by atoms with Crippen molar-refractivity contribution in [2.24, 2.45) is 0 Å². The Labute approximate surface area is 99.1 Å². The predicted molar refractivity (Wildman–Crippen MR) is 65.6 cm³/mol. The molecule has 0 bridgehead atoms. The van der Waals surface area contributed by atoms with Crippen molar-refractivity contribution < 1.29 is 15.0 Å². The Bertz CT molecular complexity index is 391. The Hall–Kier alpha value is -1.13. The van der Waals surface area contributed by atoms with Crippen LogP contribution in [-0.2, 0) is 11.2 Å². The monoisotopic (exact) mass is 240 g/mol. The minimum Gasteiger partial charge on any atom is -0.478 e. The third-order valence-electron chi connectivity index (χ3n) is 2.20. The number of rotatable bonds is 5. The molecule has 0 amide bonds. The number of thiophene rings is 1. The molecule has 0 saturated carbocycles. The van der Waals surface area contributed by atoms with E-state index in [-0.39, 0.29) is 6.10 Å². The van der Waals surface area contributed by atoms with E-state index in [2.05, 4.69) is 0 Å². The third kappa shape index (κ3) is 4.16. The summed E-state index contributed by atoms with van der Waals surface area (Å²) in [7, 11) is 0. The molecule has 0 unspecified atom stereocenters. The van der Waals surface area contributed by atoms with Gasteiger partial charge in [0.05, 0.1) is 6.10 Å². The lowest BCUT2D eigenvalue weighted by Crippen LogP contribution is -1.99. The number of hydrogen-bond donors (Lipinski definition) is 2. The lowest BCUT2D eigenvalue weighted by Gasteiger charge is -2.00. The summed E-state index contributed by atoms with van der Waals surface area (Å²) in [5, 5.41) is 17.8. The van der Waals surface area contributed by atoms with Crippen LogP contribution in [0.3, 0.4) is 0 Å². The molecule has 88 valence electrons. The maximum atomic E-state index is 10.5. The Morgan fingerprint density at radius 2 is 2.25 bits per heavy atom. The van der Waals surface area contributed by atoms with Gasteiger partial charge in [-0.2, -0.15) is 0 Å². The van der Waals surface area contributed by atoms with E-state index in [4.69, 9.17) is 10.2 Å². The first-order valence-corrected chi connectivity index (χ1v) is 5.99. The smallest absolute Gasteiger partial charge is 0.328 e. The standard InChI is InChI=1S/C12H16O3S/c1-8(7-12(14)15)11-6-5-10(16-11)4-3-9(2)13/h5-7,9,13H,3-4H2,1-2H3,(H,14,15)/b8-7+/t9-/m1/s1. The molecule has 1 atom stereocenters. The van der Waals surface area contributed by atoms with Crippen LogP contribution in [0.25, 0.3) is 5.57 Å². The van der Waals surface area contributed by atoms with Gasteiger partial charge < -0.3 is 10.2 Å². The fourth-order valence-electron chi connectivity index (χ4n) is 1.33. The highest BCUT2D eigenvalue weighted by Gasteiger charge is 2.04. The first-order valence-electron chi connectivity index (χ1n) is 5.17. The minimum absolute atomic E-state index is 0.291. The first-order chi connectivity index (χ1) is 7.49. The Balaban J connectivity index is 2.67. The number of carboxylic acid groups (broad SMARTS) is 1. The Kier molecular flexibility index (Phi) is 4.71. The SMILES string of the molecule is C/C(=C\C(=O)O)c1ccc(CC[C@@H](C)O)s1. The van der Waals surface area contributed by atoms with Crippen LogP contribution in [0.2, 0.25) is 0 Å². The fraction of sp³-hybridized carbons (Fsp3) is 0.417. The molecular weight excluding hydrogens is 224 g/mol. The number of aryl methyl sites for hydroxylation is 1. The summed E-state index contributed by atoms with van der Waals surface area (Å²) < 4.78 is 0. The minimum atomic E-state index is -0.920. The van der Waals surface area contributed by atoms with Crippen LogP contribution in [0.1, 0.15) is 30.0 Å². The van der Waals surface area contributed by atoms with Crippen LogP contribution in [0.15, 0.2) is 18.2 Å². The maximum Gasteiger partial charge on any atom is 0.328 e. The van der Waals surface area contributed by atoms with Crippen molar-refractivity contribution in [3.63, 3.8) is 0 Å². The molecule has 0 radical (unpaired) electrons. The molecule has 0 aliphatic rings. The Morgan fingerprint density at radius 1 is 1.56 bits per heavy atom. The number of aliphatic hydroxyl groups excluding tert-OH is 1. The zero-order chi connectivity index (χ0) is 12.1. The third-order valence-corrected chi connectivity index (χ3v) is 3.48. The van der Waals surface area contributed by atoms with Crippen LogP contribution in [0.4, 0.5) is 0 Å². The molecule has 2 N–H and O–H groups in total. The molecule has 0 fully saturated rings. The van der Waals surface area contributed by atoms with E-state index in [1.165, 1.54) is 11.0 Å². The van der Waals surface area contributed by atoms with E-state index >= 15 is 0 Å². The molecular formula is C12H16O3S. The molecule has 16 heavy (non-hydrogen) atoms. The number of allylic oxidation sites excluding steroid dienone is 1. The average Bonchev–Trinajstić information content (AvgIpc) is 2.61. The van der Waals surface area contributed by atoms with Gasteiger partial charge in [-0.25, -0.2) is 4.79 Å². The highest BCUT2D eigenvalue weighted by molar-refractivity contribution is 7.13. The molecule has 0 saturated heterocycles. The zero-order valence-corrected chi connectivity index (χ0v) is 10.3. The van der Waals surface area contributed by atoms with Crippen LogP contribution < -0.4 is 0 Å². The fourth-order valence-corrected chi connectivity index (χ4v) is 2.33. The topological polar surface area (TPSA) is 57.5 Å². The zero-order valence-electron chi connectivity index (χ0n) is 9.43. The van der Waals surface area contributed by atoms with Crippen LogP contribution in [0, 0.1) is 0 Å². The van der Waals surface area contributed by atoms with Crippen molar-refractivity contribution in [1.82, 2.24) is 0 Å². The summed E-state index contributed by atoms with van der Waals surface area (Å²) in [6.45, 7) is 3.56. The van der Waals surface area contributed by atoms with Crippen LogP contribution >= 0.6 is 11.3 Å². The van der Waals surface area contributed by atoms with Crippen molar-refractivity contribution in [1.29, 1.82) is 0 Å². The highest BCUT2D eigenvalue weighted by atomic mass is 32.1. The molecule has 0 spiro atoms. The second-order valence-electron chi connectivity index (χ2n) is 3.82. The molecule has 1 aromatic heterocycles. The van der Waals surface area contributed by atoms with Crippen LogP contribution in [-0.4, -0.2) is 22.3 Å². The lowest BCUT2D eigenvalue weighted by molar-refractivity contribution is -0.131. The molecule has 0 aliphatic heterocycles. The predicted octanol–water partition coefficient (Wildman–Crippen LogP) is 2.55. The summed E-state index contributed by atoms with van der Waals surface area (Å²) in [6.07, 6.45) is 2.50.